The maximum Gasteiger partial charge on any atom is 0.286 e. The number of carboxylic acid groups (broad SMARTS) is 1. The summed E-state index contributed by atoms with van der Waals surface area (Å²) in [6.07, 6.45) is -4.51. The first-order chi connectivity index (χ1) is 26.6. The number of ether oxygens (including phenoxy) is 2. The summed E-state index contributed by atoms with van der Waals surface area (Å²) in [5.41, 5.74) is 7.84. The maximum absolute atomic E-state index is 13.6. The fourth-order valence-electron chi connectivity index (χ4n) is 5.94. The van der Waals surface area contributed by atoms with Crippen LogP contribution in [0.1, 0.15) is 27.9 Å². The number of aromatic nitrogens is 2. The third-order valence-corrected chi connectivity index (χ3v) is 10.6. The predicted octanol–water partition coefficient (Wildman–Crippen LogP) is -0.460. The first kappa shape index (κ1) is 39.9. The molecule has 3 heterocycles. The SMILES string of the molecule is NCCC(=O)Nc1cc(C[n+]2ccn3cc(C(=O)NCc4ccc(S(=O)(=O)c5cc(F)cc(F)c5)cc4)ccc32)ccc1O[C@@H]1O[C@H](C(=O)[O-])[C@@H](O)[C@H](O)[C@H]1O. The largest absolute Gasteiger partial charge is 0.547 e. The minimum absolute atomic E-state index is 0.0407. The van der Waals surface area contributed by atoms with Crippen molar-refractivity contribution in [3.8, 4) is 5.75 Å². The van der Waals surface area contributed by atoms with Crippen molar-refractivity contribution < 1.29 is 66.0 Å². The van der Waals surface area contributed by atoms with Gasteiger partial charge in [0, 0.05) is 31.6 Å². The summed E-state index contributed by atoms with van der Waals surface area (Å²) in [5, 5.41) is 47.4. The second-order valence-corrected chi connectivity index (χ2v) is 14.7. The molecule has 1 aliphatic heterocycles. The van der Waals surface area contributed by atoms with E-state index >= 15 is 0 Å². The topological polar surface area (TPSA) is 246 Å². The Kier molecular flexibility index (Phi) is 11.7. The highest BCUT2D eigenvalue weighted by Gasteiger charge is 2.45. The van der Waals surface area contributed by atoms with Gasteiger partial charge in [-0.05, 0) is 53.6 Å². The van der Waals surface area contributed by atoms with Gasteiger partial charge >= 0.3 is 0 Å². The van der Waals surface area contributed by atoms with Crippen molar-refractivity contribution in [1.29, 1.82) is 0 Å². The average Bonchev–Trinajstić information content (AvgIpc) is 3.56. The number of hydrogen-bond acceptors (Lipinski definition) is 12. The highest BCUT2D eigenvalue weighted by atomic mass is 32.2. The molecule has 0 unspecified atom stereocenters. The van der Waals surface area contributed by atoms with Gasteiger partial charge in [-0.15, -0.1) is 0 Å². The summed E-state index contributed by atoms with van der Waals surface area (Å²) < 4.78 is 67.3. The number of nitrogens with two attached hydrogens (primary N) is 1. The van der Waals surface area contributed by atoms with Crippen LogP contribution in [-0.2, 0) is 37.3 Å². The second-order valence-electron chi connectivity index (χ2n) is 12.8. The van der Waals surface area contributed by atoms with E-state index in [1.165, 1.54) is 30.3 Å². The molecule has 7 N–H and O–H groups in total. The Bertz CT molecular complexity index is 2370. The normalized spacial score (nSPS) is 19.7. The number of carbonyl (C=O) groups is 3. The van der Waals surface area contributed by atoms with Crippen LogP contribution in [-0.4, -0.2) is 83.2 Å². The third-order valence-electron chi connectivity index (χ3n) is 8.84. The van der Waals surface area contributed by atoms with Gasteiger partial charge in [0.2, 0.25) is 22.0 Å². The number of nitrogens with zero attached hydrogens (tertiary/aromatic N) is 2. The second kappa shape index (κ2) is 16.5. The zero-order valence-corrected chi connectivity index (χ0v) is 29.9. The van der Waals surface area contributed by atoms with E-state index in [0.29, 0.717) is 28.4 Å². The Labute approximate surface area is 317 Å². The van der Waals surface area contributed by atoms with E-state index in [-0.39, 0.29) is 42.4 Å². The standard InChI is InChI=1S/C37H35F2N5O11S/c38-23-14-24(39)16-26(15-23)56(52,53)25-5-1-20(2-6-25)17-41-35(49)22-4-8-30-43(11-12-44(30)19-22)18-21-3-7-28(27(13-21)42-29(45)9-10-40)54-37-33(48)31(46)32(47)34(55-37)36(50)51/h1-8,11-16,19,31-34,37,46-48H,9-10,17-18,40H2,(H2-,41,42,45,49,50,51)/t31-,32-,33+,34-,37+/m0/s1. The van der Waals surface area contributed by atoms with Crippen LogP contribution in [0.15, 0.2) is 101 Å². The molecule has 6 rings (SSSR count). The van der Waals surface area contributed by atoms with Crippen LogP contribution in [0.25, 0.3) is 5.65 Å². The molecule has 3 aromatic carbocycles. The number of imidazole rings is 1. The fourth-order valence-corrected chi connectivity index (χ4v) is 7.24. The van der Waals surface area contributed by atoms with Crippen LogP contribution in [0.3, 0.4) is 0 Å². The van der Waals surface area contributed by atoms with Crippen LogP contribution < -0.4 is 30.8 Å². The Morgan fingerprint density at radius 1 is 0.911 bits per heavy atom. The number of aliphatic hydroxyl groups excluding tert-OH is 3. The molecule has 2 amide bonds. The van der Waals surface area contributed by atoms with Crippen LogP contribution in [0.5, 0.6) is 5.75 Å². The smallest absolute Gasteiger partial charge is 0.286 e. The van der Waals surface area contributed by atoms with Gasteiger partial charge in [-0.25, -0.2) is 26.2 Å². The summed E-state index contributed by atoms with van der Waals surface area (Å²) >= 11 is 0. The number of pyridine rings is 1. The number of benzene rings is 3. The zero-order chi connectivity index (χ0) is 40.3. The lowest BCUT2D eigenvalue weighted by Crippen LogP contribution is -2.63. The van der Waals surface area contributed by atoms with Crippen molar-refractivity contribution >= 4 is 39.0 Å². The number of rotatable bonds is 13. The van der Waals surface area contributed by atoms with E-state index in [9.17, 15) is 52.0 Å². The third kappa shape index (κ3) is 8.67. The predicted molar refractivity (Wildman–Crippen MR) is 187 cm³/mol. The molecule has 2 aromatic heterocycles. The first-order valence-corrected chi connectivity index (χ1v) is 18.4. The summed E-state index contributed by atoms with van der Waals surface area (Å²) in [6.45, 7) is 0.342. The lowest BCUT2D eigenvalue weighted by atomic mass is 9.99. The van der Waals surface area contributed by atoms with Crippen molar-refractivity contribution in [2.45, 2.75) is 60.0 Å². The molecular weight excluding hydrogens is 760 g/mol. The van der Waals surface area contributed by atoms with Gasteiger partial charge in [-0.3, -0.25) is 9.59 Å². The molecule has 1 saturated heterocycles. The number of aliphatic carboxylic acids is 1. The van der Waals surface area contributed by atoms with Gasteiger partial charge in [0.05, 0.1) is 27.0 Å². The molecule has 56 heavy (non-hydrogen) atoms. The molecular formula is C37H35F2N5O11S. The number of carbonyl (C=O) groups excluding carboxylic acids is 3. The number of nitrogens with one attached hydrogen (secondary N) is 2. The zero-order valence-electron chi connectivity index (χ0n) is 29.1. The van der Waals surface area contributed by atoms with E-state index in [4.69, 9.17) is 15.2 Å². The molecule has 0 radical (unpaired) electrons. The molecule has 1 aliphatic rings. The Balaban J connectivity index is 1.14. The number of anilines is 1. The fraction of sp³-hybridized carbons (Fsp3) is 0.243. The lowest BCUT2D eigenvalue weighted by Gasteiger charge is -2.40. The van der Waals surface area contributed by atoms with Crippen molar-refractivity contribution in [1.82, 2.24) is 9.72 Å². The van der Waals surface area contributed by atoms with Crippen LogP contribution in [0, 0.1) is 11.6 Å². The molecule has 0 saturated carbocycles. The number of carboxylic acids is 1. The van der Waals surface area contributed by atoms with Crippen LogP contribution in [0.4, 0.5) is 14.5 Å². The van der Waals surface area contributed by atoms with Gasteiger partial charge < -0.3 is 51.1 Å². The monoisotopic (exact) mass is 795 g/mol. The van der Waals surface area contributed by atoms with Gasteiger partial charge in [-0.1, -0.05) is 18.2 Å². The number of sulfone groups is 1. The Morgan fingerprint density at radius 3 is 2.29 bits per heavy atom. The first-order valence-electron chi connectivity index (χ1n) is 16.9. The van der Waals surface area contributed by atoms with E-state index in [1.54, 1.807) is 47.3 Å². The van der Waals surface area contributed by atoms with Crippen molar-refractivity contribution in [3.05, 3.63) is 120 Å². The van der Waals surface area contributed by atoms with Gasteiger partial charge in [0.25, 0.3) is 11.6 Å². The number of amides is 2. The molecule has 0 aliphatic carbocycles. The number of hydrogen-bond donors (Lipinski definition) is 6. The molecule has 16 nitrogen and oxygen atoms in total. The lowest BCUT2D eigenvalue weighted by molar-refractivity contribution is -0.661. The van der Waals surface area contributed by atoms with Gasteiger partial charge in [0.15, 0.2) is 0 Å². The van der Waals surface area contributed by atoms with Gasteiger partial charge in [0.1, 0.15) is 66.9 Å². The van der Waals surface area contributed by atoms with E-state index in [0.717, 1.165) is 12.1 Å². The summed E-state index contributed by atoms with van der Waals surface area (Å²) in [7, 11) is -4.18. The molecule has 5 atom stereocenters. The van der Waals surface area contributed by atoms with E-state index < -0.39 is 74.9 Å². The Hall–Kier alpha value is -5.83. The Morgan fingerprint density at radius 2 is 1.61 bits per heavy atom. The number of aliphatic hydroxyl groups is 3. The van der Waals surface area contributed by atoms with E-state index in [1.807, 2.05) is 4.57 Å². The van der Waals surface area contributed by atoms with Crippen LogP contribution in [0.2, 0.25) is 0 Å². The average molecular weight is 796 g/mol. The number of halogens is 2. The maximum atomic E-state index is 13.6. The van der Waals surface area contributed by atoms with E-state index in [2.05, 4.69) is 10.6 Å². The molecule has 5 aromatic rings. The number of fused-ring (bicyclic) bond motifs is 1. The molecule has 19 heteroatoms. The van der Waals surface area contributed by atoms with Crippen molar-refractivity contribution in [3.63, 3.8) is 0 Å². The highest BCUT2D eigenvalue weighted by Crippen LogP contribution is 2.31. The van der Waals surface area contributed by atoms with Gasteiger partial charge in [-0.2, -0.15) is 0 Å². The van der Waals surface area contributed by atoms with Crippen molar-refractivity contribution in [2.24, 2.45) is 5.73 Å². The van der Waals surface area contributed by atoms with Crippen LogP contribution >= 0.6 is 0 Å². The summed E-state index contributed by atoms with van der Waals surface area (Å²) in [6, 6.07) is 15.5. The summed E-state index contributed by atoms with van der Waals surface area (Å²) in [5.74, 6) is -4.82. The molecule has 0 bridgehead atoms. The molecule has 294 valence electrons. The minimum atomic E-state index is -4.18. The molecule has 0 spiro atoms. The van der Waals surface area contributed by atoms with Crippen molar-refractivity contribution in [2.75, 3.05) is 11.9 Å². The minimum Gasteiger partial charge on any atom is -0.547 e. The highest BCUT2D eigenvalue weighted by molar-refractivity contribution is 7.91. The summed E-state index contributed by atoms with van der Waals surface area (Å²) in [4.78, 5) is 36.3. The molecule has 1 fully saturated rings. The quantitative estimate of drug-likeness (QED) is 0.0830.